The molecule has 114 valence electrons. The summed E-state index contributed by atoms with van der Waals surface area (Å²) in [5.74, 6) is -0.226. The molecule has 0 amide bonds. The van der Waals surface area contributed by atoms with Crippen molar-refractivity contribution in [3.05, 3.63) is 23.3 Å². The molecule has 2 aliphatic carbocycles. The fraction of sp³-hybridized carbons (Fsp3) is 0.647. The van der Waals surface area contributed by atoms with Crippen LogP contribution in [0.2, 0.25) is 0 Å². The maximum atomic E-state index is 12.3. The number of ether oxygens (including phenoxy) is 2. The predicted octanol–water partition coefficient (Wildman–Crippen LogP) is 2.79. The van der Waals surface area contributed by atoms with Gasteiger partial charge in [0.25, 0.3) is 0 Å². The fourth-order valence-electron chi connectivity index (χ4n) is 4.55. The zero-order chi connectivity index (χ0) is 15.3. The van der Waals surface area contributed by atoms with Crippen LogP contribution in [-0.2, 0) is 19.1 Å². The lowest BCUT2D eigenvalue weighted by molar-refractivity contribution is -0.160. The first kappa shape index (κ1) is 14.4. The summed E-state index contributed by atoms with van der Waals surface area (Å²) in [6.07, 6.45) is 7.33. The van der Waals surface area contributed by atoms with Gasteiger partial charge in [-0.05, 0) is 36.3 Å². The number of methoxy groups -OCH3 is 1. The van der Waals surface area contributed by atoms with Crippen molar-refractivity contribution in [2.45, 2.75) is 39.5 Å². The lowest BCUT2D eigenvalue weighted by Gasteiger charge is -2.53. The Morgan fingerprint density at radius 2 is 2.14 bits per heavy atom. The van der Waals surface area contributed by atoms with Crippen LogP contribution in [0.5, 0.6) is 0 Å². The molecule has 0 aromatic rings. The first-order chi connectivity index (χ1) is 9.91. The second kappa shape index (κ2) is 4.72. The second-order valence-corrected chi connectivity index (χ2v) is 6.86. The molecule has 1 aliphatic heterocycles. The molecule has 1 fully saturated rings. The quantitative estimate of drug-likeness (QED) is 0.697. The van der Waals surface area contributed by atoms with Gasteiger partial charge in [0, 0.05) is 5.92 Å². The molecule has 21 heavy (non-hydrogen) atoms. The van der Waals surface area contributed by atoms with Crippen LogP contribution in [0.15, 0.2) is 23.3 Å². The Kier molecular flexibility index (Phi) is 3.23. The van der Waals surface area contributed by atoms with Crippen LogP contribution >= 0.6 is 0 Å². The van der Waals surface area contributed by atoms with E-state index in [0.717, 1.165) is 24.8 Å². The van der Waals surface area contributed by atoms with Gasteiger partial charge in [0.1, 0.15) is 6.61 Å². The number of hydrogen-bond donors (Lipinski definition) is 0. The number of rotatable bonds is 1. The summed E-state index contributed by atoms with van der Waals surface area (Å²) < 4.78 is 10.2. The van der Waals surface area contributed by atoms with Gasteiger partial charge in [-0.1, -0.05) is 25.5 Å². The van der Waals surface area contributed by atoms with E-state index in [1.807, 2.05) is 13.0 Å². The Hall–Kier alpha value is -1.58. The minimum absolute atomic E-state index is 0.0795. The molecule has 3 aliphatic rings. The van der Waals surface area contributed by atoms with Gasteiger partial charge in [-0.15, -0.1) is 0 Å². The van der Waals surface area contributed by atoms with Gasteiger partial charge in [0.2, 0.25) is 0 Å². The van der Waals surface area contributed by atoms with Crippen LogP contribution in [-0.4, -0.2) is 25.7 Å². The van der Waals surface area contributed by atoms with E-state index in [-0.39, 0.29) is 23.3 Å². The zero-order valence-electron chi connectivity index (χ0n) is 12.9. The smallest absolute Gasteiger partial charge is 0.312 e. The molecule has 0 saturated heterocycles. The molecular formula is C17H22O4. The third-order valence-electron chi connectivity index (χ3n) is 5.69. The van der Waals surface area contributed by atoms with E-state index in [0.29, 0.717) is 13.0 Å². The SMILES string of the molecule is COC(=O)C1(C)CCCC2(C)C3=C(C=CC12)COC(=O)C3. The molecular weight excluding hydrogens is 268 g/mol. The summed E-state index contributed by atoms with van der Waals surface area (Å²) >= 11 is 0. The first-order valence-electron chi connectivity index (χ1n) is 7.56. The van der Waals surface area contributed by atoms with Gasteiger partial charge in [0.15, 0.2) is 0 Å². The van der Waals surface area contributed by atoms with Crippen molar-refractivity contribution >= 4 is 11.9 Å². The monoisotopic (exact) mass is 290 g/mol. The van der Waals surface area contributed by atoms with E-state index in [9.17, 15) is 9.59 Å². The summed E-state index contributed by atoms with van der Waals surface area (Å²) in [5.41, 5.74) is 1.62. The highest BCUT2D eigenvalue weighted by molar-refractivity contribution is 5.79. The topological polar surface area (TPSA) is 52.6 Å². The van der Waals surface area contributed by atoms with Crippen molar-refractivity contribution in [3.63, 3.8) is 0 Å². The molecule has 0 radical (unpaired) electrons. The second-order valence-electron chi connectivity index (χ2n) is 6.86. The van der Waals surface area contributed by atoms with E-state index in [4.69, 9.17) is 9.47 Å². The van der Waals surface area contributed by atoms with Crippen molar-refractivity contribution in [3.8, 4) is 0 Å². The molecule has 0 bridgehead atoms. The van der Waals surface area contributed by atoms with Crippen LogP contribution in [0, 0.1) is 16.7 Å². The van der Waals surface area contributed by atoms with Crippen LogP contribution in [0.3, 0.4) is 0 Å². The standard InChI is InChI=1S/C17H22O4/c1-16-7-4-8-17(2,15(19)20-3)13(16)6-5-11-10-21-14(18)9-12(11)16/h5-6,13H,4,7-10H2,1-3H3. The predicted molar refractivity (Wildman–Crippen MR) is 77.3 cm³/mol. The molecule has 3 atom stereocenters. The van der Waals surface area contributed by atoms with Gasteiger partial charge in [-0.2, -0.15) is 0 Å². The van der Waals surface area contributed by atoms with Crippen molar-refractivity contribution in [2.24, 2.45) is 16.7 Å². The molecule has 0 aromatic heterocycles. The van der Waals surface area contributed by atoms with E-state index in [2.05, 4.69) is 13.0 Å². The van der Waals surface area contributed by atoms with Gasteiger partial charge >= 0.3 is 11.9 Å². The number of allylic oxidation sites excluding steroid dienone is 1. The Morgan fingerprint density at radius 3 is 2.86 bits per heavy atom. The minimum atomic E-state index is -0.516. The van der Waals surface area contributed by atoms with E-state index in [1.54, 1.807) is 0 Å². The van der Waals surface area contributed by atoms with Gasteiger partial charge in [-0.25, -0.2) is 0 Å². The number of cyclic esters (lactones) is 1. The normalized spacial score (nSPS) is 38.4. The Bertz CT molecular complexity index is 559. The number of esters is 2. The molecule has 1 heterocycles. The van der Waals surface area contributed by atoms with Crippen LogP contribution in [0.1, 0.15) is 39.5 Å². The maximum Gasteiger partial charge on any atom is 0.312 e. The van der Waals surface area contributed by atoms with Crippen LogP contribution < -0.4 is 0 Å². The largest absolute Gasteiger partial charge is 0.469 e. The molecule has 3 rings (SSSR count). The number of fused-ring (bicyclic) bond motifs is 2. The van der Waals surface area contributed by atoms with Gasteiger partial charge in [-0.3, -0.25) is 9.59 Å². The average Bonchev–Trinajstić information content (AvgIpc) is 2.46. The Balaban J connectivity index is 2.05. The molecule has 0 spiro atoms. The van der Waals surface area contributed by atoms with E-state index < -0.39 is 5.41 Å². The van der Waals surface area contributed by atoms with Crippen molar-refractivity contribution in [1.82, 2.24) is 0 Å². The Morgan fingerprint density at radius 1 is 1.38 bits per heavy atom. The summed E-state index contributed by atoms with van der Waals surface area (Å²) in [6.45, 7) is 4.55. The van der Waals surface area contributed by atoms with E-state index >= 15 is 0 Å². The third-order valence-corrected chi connectivity index (χ3v) is 5.69. The van der Waals surface area contributed by atoms with Crippen molar-refractivity contribution in [2.75, 3.05) is 13.7 Å². The summed E-state index contributed by atoms with van der Waals surface area (Å²) in [4.78, 5) is 24.1. The number of carbonyl (C=O) groups excluding carboxylic acids is 2. The lowest BCUT2D eigenvalue weighted by atomic mass is 9.51. The maximum absolute atomic E-state index is 12.3. The highest BCUT2D eigenvalue weighted by atomic mass is 16.5. The summed E-state index contributed by atoms with van der Waals surface area (Å²) in [6, 6.07) is 0. The number of hydrogen-bond acceptors (Lipinski definition) is 4. The van der Waals surface area contributed by atoms with Crippen LogP contribution in [0.4, 0.5) is 0 Å². The summed E-state index contributed by atoms with van der Waals surface area (Å²) in [7, 11) is 1.45. The highest BCUT2D eigenvalue weighted by Crippen LogP contribution is 2.59. The molecule has 4 nitrogen and oxygen atoms in total. The molecule has 4 heteroatoms. The zero-order valence-corrected chi connectivity index (χ0v) is 12.9. The first-order valence-corrected chi connectivity index (χ1v) is 7.56. The van der Waals surface area contributed by atoms with Crippen LogP contribution in [0.25, 0.3) is 0 Å². The van der Waals surface area contributed by atoms with Gasteiger partial charge in [0.05, 0.1) is 18.9 Å². The lowest BCUT2D eigenvalue weighted by Crippen LogP contribution is -2.50. The third kappa shape index (κ3) is 1.95. The average molecular weight is 290 g/mol. The van der Waals surface area contributed by atoms with Crippen molar-refractivity contribution < 1.29 is 19.1 Å². The molecule has 0 aromatic carbocycles. The van der Waals surface area contributed by atoms with Gasteiger partial charge < -0.3 is 9.47 Å². The molecule has 0 N–H and O–H groups in total. The van der Waals surface area contributed by atoms with Crippen molar-refractivity contribution in [1.29, 1.82) is 0 Å². The summed E-state index contributed by atoms with van der Waals surface area (Å²) in [5, 5.41) is 0. The minimum Gasteiger partial charge on any atom is -0.469 e. The molecule has 3 unspecified atom stereocenters. The van der Waals surface area contributed by atoms with E-state index in [1.165, 1.54) is 12.7 Å². The fourth-order valence-corrected chi connectivity index (χ4v) is 4.55. The number of carbonyl (C=O) groups is 2. The highest BCUT2D eigenvalue weighted by Gasteiger charge is 2.55. The molecule has 1 saturated carbocycles. The Labute approximate surface area is 125 Å².